The number of methoxy groups -OCH3 is 1. The quantitative estimate of drug-likeness (QED) is 0.167. The Labute approximate surface area is 291 Å². The number of thiazole rings is 1. The number of carbonyl (C=O) groups excluding carboxylic acids is 1. The maximum Gasteiger partial charge on any atom is 0.271 e. The Morgan fingerprint density at radius 1 is 1.00 bits per heavy atom. The van der Waals surface area contributed by atoms with Crippen LogP contribution in [0.5, 0.6) is 17.2 Å². The molecule has 1 N–H and O–H groups in total. The average Bonchev–Trinajstić information content (AvgIpc) is 3.38. The lowest BCUT2D eigenvalue weighted by Crippen LogP contribution is -2.40. The van der Waals surface area contributed by atoms with Crippen molar-refractivity contribution in [1.29, 1.82) is 0 Å². The van der Waals surface area contributed by atoms with E-state index in [-0.39, 0.29) is 18.1 Å². The zero-order valence-electron chi connectivity index (χ0n) is 26.3. The molecule has 1 aliphatic rings. The second-order valence-corrected chi connectivity index (χ2v) is 12.7. The standard InChI is InChI=1S/C37H31Cl2N3O5S/c1-4-46-28-16-12-25(13-17-28)33-32(35(43)41-27-8-6-5-7-9-27)22(2)40-37-42(33)36(44)31(48-37)20-24-18-29(39)34(30(19-24)45-3)47-21-23-10-14-26(38)15-11-23/h5-20,33H,4,21H2,1-3H3,(H,41,43)/b31-20-/t33-/m0/s1. The third kappa shape index (κ3) is 7.04. The van der Waals surface area contributed by atoms with E-state index in [1.165, 1.54) is 18.4 Å². The molecule has 244 valence electrons. The van der Waals surface area contributed by atoms with Crippen molar-refractivity contribution in [2.75, 3.05) is 19.0 Å². The summed E-state index contributed by atoms with van der Waals surface area (Å²) in [7, 11) is 1.53. The van der Waals surface area contributed by atoms with Crippen molar-refractivity contribution in [1.82, 2.24) is 4.57 Å². The average molecular weight is 701 g/mol. The van der Waals surface area contributed by atoms with Gasteiger partial charge in [-0.1, -0.05) is 77.0 Å². The van der Waals surface area contributed by atoms with Crippen LogP contribution in [-0.4, -0.2) is 24.2 Å². The molecule has 8 nitrogen and oxygen atoms in total. The van der Waals surface area contributed by atoms with E-state index in [0.29, 0.717) is 65.8 Å². The van der Waals surface area contributed by atoms with Crippen LogP contribution >= 0.6 is 34.5 Å². The number of nitrogens with zero attached hydrogens (tertiary/aromatic N) is 2. The van der Waals surface area contributed by atoms with E-state index in [4.69, 9.17) is 42.4 Å². The Hall–Kier alpha value is -4.83. The van der Waals surface area contributed by atoms with E-state index in [1.54, 1.807) is 41.8 Å². The molecule has 5 aromatic rings. The van der Waals surface area contributed by atoms with Crippen molar-refractivity contribution >= 4 is 52.2 Å². The molecular formula is C37H31Cl2N3O5S. The molecule has 1 aliphatic heterocycles. The van der Waals surface area contributed by atoms with Gasteiger partial charge < -0.3 is 19.5 Å². The fourth-order valence-corrected chi connectivity index (χ4v) is 6.86. The van der Waals surface area contributed by atoms with Crippen LogP contribution in [0, 0.1) is 0 Å². The number of allylic oxidation sites excluding steroid dienone is 1. The Morgan fingerprint density at radius 3 is 2.42 bits per heavy atom. The van der Waals surface area contributed by atoms with Gasteiger partial charge in [0.25, 0.3) is 11.5 Å². The van der Waals surface area contributed by atoms with Crippen molar-refractivity contribution in [3.63, 3.8) is 0 Å². The van der Waals surface area contributed by atoms with E-state index in [2.05, 4.69) is 5.32 Å². The number of anilines is 1. The second kappa shape index (κ2) is 14.5. The number of hydrogen-bond acceptors (Lipinski definition) is 7. The predicted molar refractivity (Wildman–Crippen MR) is 190 cm³/mol. The van der Waals surface area contributed by atoms with Gasteiger partial charge in [-0.25, -0.2) is 4.99 Å². The lowest BCUT2D eigenvalue weighted by Gasteiger charge is -2.25. The molecule has 1 amide bonds. The molecule has 0 spiro atoms. The summed E-state index contributed by atoms with van der Waals surface area (Å²) in [6, 6.07) is 26.6. The first-order valence-corrected chi connectivity index (χ1v) is 16.7. The molecule has 1 aromatic heterocycles. The van der Waals surface area contributed by atoms with Gasteiger partial charge in [0.2, 0.25) is 0 Å². The van der Waals surface area contributed by atoms with Crippen LogP contribution in [0.4, 0.5) is 5.69 Å². The fraction of sp³-hybridized carbons (Fsp3) is 0.162. The summed E-state index contributed by atoms with van der Waals surface area (Å²) >= 11 is 13.9. The SMILES string of the molecule is CCOc1ccc([C@H]2C(C(=O)Nc3ccccc3)=C(C)N=c3s/c(=C\c4cc(Cl)c(OCc5ccc(Cl)cc5)c(OC)c4)c(=O)n32)cc1. The fourth-order valence-electron chi connectivity index (χ4n) is 5.41. The highest BCUT2D eigenvalue weighted by Crippen LogP contribution is 2.37. The van der Waals surface area contributed by atoms with E-state index < -0.39 is 6.04 Å². The number of fused-ring (bicyclic) bond motifs is 1. The van der Waals surface area contributed by atoms with Crippen LogP contribution in [0.2, 0.25) is 10.0 Å². The van der Waals surface area contributed by atoms with E-state index in [9.17, 15) is 9.59 Å². The van der Waals surface area contributed by atoms with E-state index in [0.717, 1.165) is 11.1 Å². The number of ether oxygens (including phenoxy) is 3. The van der Waals surface area contributed by atoms with Crippen LogP contribution < -0.4 is 34.4 Å². The van der Waals surface area contributed by atoms with Crippen LogP contribution in [0.1, 0.15) is 36.6 Å². The summed E-state index contributed by atoms with van der Waals surface area (Å²) in [6.07, 6.45) is 1.74. The molecular weight excluding hydrogens is 669 g/mol. The first-order chi connectivity index (χ1) is 23.2. The third-order valence-corrected chi connectivity index (χ3v) is 9.17. The van der Waals surface area contributed by atoms with E-state index >= 15 is 0 Å². The lowest BCUT2D eigenvalue weighted by atomic mass is 9.95. The van der Waals surface area contributed by atoms with Crippen LogP contribution in [0.3, 0.4) is 0 Å². The normalized spacial score (nSPS) is 14.3. The highest BCUT2D eigenvalue weighted by Gasteiger charge is 2.32. The van der Waals surface area contributed by atoms with Crippen molar-refractivity contribution in [2.45, 2.75) is 26.5 Å². The molecule has 0 aliphatic carbocycles. The minimum absolute atomic E-state index is 0.260. The molecule has 6 rings (SSSR count). The van der Waals surface area contributed by atoms with Gasteiger partial charge in [0.1, 0.15) is 12.4 Å². The monoisotopic (exact) mass is 699 g/mol. The number of halogens is 2. The topological polar surface area (TPSA) is 91.2 Å². The van der Waals surface area contributed by atoms with Gasteiger partial charge >= 0.3 is 0 Å². The van der Waals surface area contributed by atoms with Gasteiger partial charge in [0, 0.05) is 10.7 Å². The smallest absolute Gasteiger partial charge is 0.271 e. The van der Waals surface area contributed by atoms with Crippen molar-refractivity contribution in [3.05, 3.63) is 149 Å². The maximum atomic E-state index is 14.2. The highest BCUT2D eigenvalue weighted by molar-refractivity contribution is 7.07. The molecule has 48 heavy (non-hydrogen) atoms. The first kappa shape index (κ1) is 33.1. The lowest BCUT2D eigenvalue weighted by molar-refractivity contribution is -0.113. The number of benzene rings is 4. The van der Waals surface area contributed by atoms with Crippen molar-refractivity contribution < 1.29 is 19.0 Å². The number of aromatic nitrogens is 1. The molecule has 0 radical (unpaired) electrons. The minimum Gasteiger partial charge on any atom is -0.494 e. The molecule has 0 fully saturated rings. The predicted octanol–water partition coefficient (Wildman–Crippen LogP) is 7.17. The Morgan fingerprint density at radius 2 is 1.73 bits per heavy atom. The molecule has 0 unspecified atom stereocenters. The van der Waals surface area contributed by atoms with Crippen molar-refractivity contribution in [2.24, 2.45) is 4.99 Å². The Kier molecular flexibility index (Phi) is 10.0. The van der Waals surface area contributed by atoms with Gasteiger partial charge in [-0.15, -0.1) is 0 Å². The molecule has 4 aromatic carbocycles. The summed E-state index contributed by atoms with van der Waals surface area (Å²) in [5.74, 6) is 1.14. The zero-order chi connectivity index (χ0) is 33.8. The van der Waals surface area contributed by atoms with Crippen LogP contribution in [0.25, 0.3) is 6.08 Å². The molecule has 1 atom stereocenters. The third-order valence-electron chi connectivity index (χ3n) is 7.65. The molecule has 11 heteroatoms. The number of rotatable bonds is 10. The largest absolute Gasteiger partial charge is 0.494 e. The second-order valence-electron chi connectivity index (χ2n) is 10.9. The van der Waals surface area contributed by atoms with Gasteiger partial charge in [-0.3, -0.25) is 14.2 Å². The zero-order valence-corrected chi connectivity index (χ0v) is 28.7. The number of nitrogens with one attached hydrogen (secondary N) is 1. The first-order valence-electron chi connectivity index (χ1n) is 15.1. The number of amides is 1. The van der Waals surface area contributed by atoms with E-state index in [1.807, 2.05) is 73.7 Å². The summed E-state index contributed by atoms with van der Waals surface area (Å²) in [4.78, 5) is 33.2. The van der Waals surface area contributed by atoms with Crippen LogP contribution in [0.15, 0.2) is 112 Å². The molecule has 2 heterocycles. The number of hydrogen-bond donors (Lipinski definition) is 1. The van der Waals surface area contributed by atoms with Gasteiger partial charge in [-0.05, 0) is 85.1 Å². The molecule has 0 bridgehead atoms. The molecule has 0 saturated heterocycles. The summed E-state index contributed by atoms with van der Waals surface area (Å²) in [5.41, 5.74) is 3.51. The summed E-state index contributed by atoms with van der Waals surface area (Å²) in [5, 5.41) is 3.93. The highest BCUT2D eigenvalue weighted by atomic mass is 35.5. The minimum atomic E-state index is -0.732. The van der Waals surface area contributed by atoms with Gasteiger partial charge in [0.05, 0.1) is 40.6 Å². The van der Waals surface area contributed by atoms with Crippen molar-refractivity contribution in [3.8, 4) is 17.2 Å². The number of para-hydroxylation sites is 1. The maximum absolute atomic E-state index is 14.2. The molecule has 0 saturated carbocycles. The Bertz CT molecular complexity index is 2180. The van der Waals surface area contributed by atoms with Gasteiger partial charge in [0.15, 0.2) is 16.3 Å². The number of carbonyl (C=O) groups is 1. The summed E-state index contributed by atoms with van der Waals surface area (Å²) < 4.78 is 19.3. The summed E-state index contributed by atoms with van der Waals surface area (Å²) in [6.45, 7) is 4.47. The Balaban J connectivity index is 1.40. The van der Waals surface area contributed by atoms with Gasteiger partial charge in [-0.2, -0.15) is 0 Å². The van der Waals surface area contributed by atoms with Crippen LogP contribution in [-0.2, 0) is 11.4 Å².